The fraction of sp³-hybridized carbons (Fsp3) is 0.444. The number of rotatable bonds is 6. The van der Waals surface area contributed by atoms with E-state index in [1.165, 1.54) is 28.6 Å². The first-order chi connectivity index (χ1) is 12.7. The Kier molecular flexibility index (Phi) is 6.96. The molecule has 0 spiro atoms. The third kappa shape index (κ3) is 5.53. The normalized spacial score (nSPS) is 20.5. The fourth-order valence-corrected chi connectivity index (χ4v) is 4.24. The number of benzene rings is 1. The molecule has 1 fully saturated rings. The molecule has 8 nitrogen and oxygen atoms in total. The number of hydrogen-bond acceptors (Lipinski definition) is 6. The van der Waals surface area contributed by atoms with Crippen molar-refractivity contribution in [1.29, 1.82) is 0 Å². The van der Waals surface area contributed by atoms with Crippen LogP contribution in [0.2, 0.25) is 0 Å². The van der Waals surface area contributed by atoms with Gasteiger partial charge in [0.2, 0.25) is 10.0 Å². The van der Waals surface area contributed by atoms with Crippen molar-refractivity contribution < 1.29 is 27.5 Å². The molecule has 1 saturated heterocycles. The molecule has 9 heteroatoms. The van der Waals surface area contributed by atoms with Crippen LogP contribution >= 0.6 is 0 Å². The Morgan fingerprint density at radius 3 is 2.41 bits per heavy atom. The van der Waals surface area contributed by atoms with Crippen molar-refractivity contribution in [3.05, 3.63) is 29.8 Å². The number of amides is 1. The summed E-state index contributed by atoms with van der Waals surface area (Å²) in [5, 5.41) is 2.36. The molecule has 1 N–H and O–H groups in total. The largest absolute Gasteiger partial charge is 0.452 e. The second kappa shape index (κ2) is 8.99. The van der Waals surface area contributed by atoms with Crippen molar-refractivity contribution in [1.82, 2.24) is 9.62 Å². The van der Waals surface area contributed by atoms with Crippen LogP contribution in [0.1, 0.15) is 24.2 Å². The van der Waals surface area contributed by atoms with E-state index in [0.717, 1.165) is 0 Å². The summed E-state index contributed by atoms with van der Waals surface area (Å²) in [5.41, 5.74) is 0.141. The minimum atomic E-state index is -3.69. The van der Waals surface area contributed by atoms with Gasteiger partial charge in [0, 0.05) is 13.1 Å². The molecule has 0 aromatic heterocycles. The molecule has 1 aliphatic heterocycles. The van der Waals surface area contributed by atoms with Crippen LogP contribution < -0.4 is 5.32 Å². The Balaban J connectivity index is 2.02. The lowest BCUT2D eigenvalue weighted by atomic mass is 10.2. The van der Waals surface area contributed by atoms with Gasteiger partial charge in [-0.05, 0) is 38.1 Å². The SMILES string of the molecule is C#CCNC(=O)COC(=O)c1ccc(S(=O)(=O)N2C[C@H](C)O[C@@H](C)C2)cc1. The van der Waals surface area contributed by atoms with Crippen LogP contribution in [0.25, 0.3) is 0 Å². The lowest BCUT2D eigenvalue weighted by molar-refractivity contribution is -0.123. The van der Waals surface area contributed by atoms with Gasteiger partial charge < -0.3 is 14.8 Å². The number of terminal acetylenes is 1. The number of morpholine rings is 1. The minimum absolute atomic E-state index is 0.0434. The molecular weight excluding hydrogens is 372 g/mol. The maximum atomic E-state index is 12.8. The number of hydrogen-bond donors (Lipinski definition) is 1. The highest BCUT2D eigenvalue weighted by Crippen LogP contribution is 2.21. The fourth-order valence-electron chi connectivity index (χ4n) is 2.65. The first-order valence-electron chi connectivity index (χ1n) is 8.37. The van der Waals surface area contributed by atoms with Crippen molar-refractivity contribution in [3.8, 4) is 12.3 Å². The highest BCUT2D eigenvalue weighted by molar-refractivity contribution is 7.89. The predicted molar refractivity (Wildman–Crippen MR) is 97.3 cm³/mol. The summed E-state index contributed by atoms with van der Waals surface area (Å²) in [4.78, 5) is 23.4. The molecular formula is C18H22N2O6S. The quantitative estimate of drug-likeness (QED) is 0.553. The number of esters is 1. The van der Waals surface area contributed by atoms with Crippen molar-refractivity contribution in [3.63, 3.8) is 0 Å². The van der Waals surface area contributed by atoms with Crippen LogP contribution in [0.5, 0.6) is 0 Å². The molecule has 2 rings (SSSR count). The molecule has 0 radical (unpaired) electrons. The third-order valence-electron chi connectivity index (χ3n) is 3.84. The Labute approximate surface area is 158 Å². The Morgan fingerprint density at radius 2 is 1.85 bits per heavy atom. The summed E-state index contributed by atoms with van der Waals surface area (Å²) in [6.07, 6.45) is 4.62. The van der Waals surface area contributed by atoms with Crippen molar-refractivity contribution in [2.75, 3.05) is 26.2 Å². The van der Waals surface area contributed by atoms with E-state index < -0.39 is 28.5 Å². The second-order valence-electron chi connectivity index (χ2n) is 6.16. The number of ether oxygens (including phenoxy) is 2. The van der Waals surface area contributed by atoms with Crippen molar-refractivity contribution in [2.45, 2.75) is 31.0 Å². The van der Waals surface area contributed by atoms with Gasteiger partial charge in [0.1, 0.15) is 0 Å². The lowest BCUT2D eigenvalue weighted by Gasteiger charge is -2.34. The van der Waals surface area contributed by atoms with E-state index in [1.807, 2.05) is 13.8 Å². The van der Waals surface area contributed by atoms with E-state index in [0.29, 0.717) is 0 Å². The maximum Gasteiger partial charge on any atom is 0.338 e. The van der Waals surface area contributed by atoms with Gasteiger partial charge in [0.15, 0.2) is 6.61 Å². The molecule has 1 aromatic carbocycles. The van der Waals surface area contributed by atoms with Gasteiger partial charge in [-0.2, -0.15) is 4.31 Å². The summed E-state index contributed by atoms with van der Waals surface area (Å²) >= 11 is 0. The van der Waals surface area contributed by atoms with Crippen molar-refractivity contribution >= 4 is 21.9 Å². The number of nitrogens with zero attached hydrogens (tertiary/aromatic N) is 1. The van der Waals surface area contributed by atoms with E-state index >= 15 is 0 Å². The van der Waals surface area contributed by atoms with E-state index in [9.17, 15) is 18.0 Å². The van der Waals surface area contributed by atoms with Crippen LogP contribution in [0, 0.1) is 12.3 Å². The summed E-state index contributed by atoms with van der Waals surface area (Å²) in [7, 11) is -3.69. The molecule has 1 aliphatic rings. The Hall–Kier alpha value is -2.41. The van der Waals surface area contributed by atoms with Crippen LogP contribution in [0.3, 0.4) is 0 Å². The van der Waals surface area contributed by atoms with Crippen molar-refractivity contribution in [2.24, 2.45) is 0 Å². The molecule has 0 bridgehead atoms. The highest BCUT2D eigenvalue weighted by Gasteiger charge is 2.32. The first kappa shape index (κ1) is 20.9. The number of carbonyl (C=O) groups excluding carboxylic acids is 2. The van der Waals surface area contributed by atoms with Crippen LogP contribution in [-0.4, -0.2) is 63.0 Å². The zero-order valence-electron chi connectivity index (χ0n) is 15.2. The zero-order valence-corrected chi connectivity index (χ0v) is 16.0. The summed E-state index contributed by atoms with van der Waals surface area (Å²) < 4.78 is 37.3. The van der Waals surface area contributed by atoms with Gasteiger partial charge in [0.05, 0.1) is 29.2 Å². The van der Waals surface area contributed by atoms with Gasteiger partial charge in [-0.15, -0.1) is 6.42 Å². The average molecular weight is 394 g/mol. The minimum Gasteiger partial charge on any atom is -0.452 e. The zero-order chi connectivity index (χ0) is 20.0. The molecule has 27 heavy (non-hydrogen) atoms. The maximum absolute atomic E-state index is 12.8. The van der Waals surface area contributed by atoms with E-state index in [1.54, 1.807) is 0 Å². The second-order valence-corrected chi connectivity index (χ2v) is 8.10. The molecule has 1 aromatic rings. The highest BCUT2D eigenvalue weighted by atomic mass is 32.2. The number of sulfonamides is 1. The van der Waals surface area contributed by atoms with Gasteiger partial charge in [-0.1, -0.05) is 5.92 Å². The summed E-state index contributed by atoms with van der Waals surface area (Å²) in [6.45, 7) is 3.74. The Morgan fingerprint density at radius 1 is 1.26 bits per heavy atom. The Bertz CT molecular complexity index is 818. The monoisotopic (exact) mass is 394 g/mol. The molecule has 2 atom stereocenters. The van der Waals surface area contributed by atoms with Gasteiger partial charge in [-0.3, -0.25) is 4.79 Å². The standard InChI is InChI=1S/C18H22N2O6S/c1-4-9-19-17(21)12-25-18(22)15-5-7-16(8-6-15)27(23,24)20-10-13(2)26-14(3)11-20/h1,5-8,13-14H,9-12H2,2-3H3,(H,19,21)/t13-,14-/m0/s1. The third-order valence-corrected chi connectivity index (χ3v) is 5.68. The number of nitrogens with one attached hydrogen (secondary N) is 1. The summed E-state index contributed by atoms with van der Waals surface area (Å²) in [6, 6.07) is 5.38. The smallest absolute Gasteiger partial charge is 0.338 e. The van der Waals surface area contributed by atoms with E-state index in [2.05, 4.69) is 11.2 Å². The average Bonchev–Trinajstić information content (AvgIpc) is 2.63. The van der Waals surface area contributed by atoms with E-state index in [-0.39, 0.29) is 42.3 Å². The lowest BCUT2D eigenvalue weighted by Crippen LogP contribution is -2.48. The molecule has 0 aliphatic carbocycles. The van der Waals surface area contributed by atoms with Crippen LogP contribution in [0.15, 0.2) is 29.2 Å². The van der Waals surface area contributed by atoms with Crippen LogP contribution in [0.4, 0.5) is 0 Å². The molecule has 146 valence electrons. The predicted octanol–water partition coefficient (Wildman–Crippen LogP) is 0.391. The number of carbonyl (C=O) groups is 2. The summed E-state index contributed by atoms with van der Waals surface area (Å²) in [5.74, 6) is 0.979. The topological polar surface area (TPSA) is 102 Å². The molecule has 1 heterocycles. The van der Waals surface area contributed by atoms with Gasteiger partial charge >= 0.3 is 5.97 Å². The molecule has 1 amide bonds. The molecule has 0 saturated carbocycles. The van der Waals surface area contributed by atoms with Gasteiger partial charge in [0.25, 0.3) is 5.91 Å². The van der Waals surface area contributed by atoms with E-state index in [4.69, 9.17) is 15.9 Å². The van der Waals surface area contributed by atoms with Gasteiger partial charge in [-0.25, -0.2) is 13.2 Å². The van der Waals surface area contributed by atoms with Crippen LogP contribution in [-0.2, 0) is 24.3 Å². The first-order valence-corrected chi connectivity index (χ1v) is 9.81. The molecule has 0 unspecified atom stereocenters.